The molecule has 0 N–H and O–H groups in total. The number of allylic oxidation sites excluding steroid dienone is 4. The highest BCUT2D eigenvalue weighted by molar-refractivity contribution is 14.1. The molecule has 0 aromatic carbocycles. The number of rotatable bonds is 1. The van der Waals surface area contributed by atoms with Crippen molar-refractivity contribution < 1.29 is 4.79 Å². The van der Waals surface area contributed by atoms with E-state index in [-0.39, 0.29) is 0 Å². The van der Waals surface area contributed by atoms with Gasteiger partial charge in [-0.3, -0.25) is 4.79 Å². The van der Waals surface area contributed by atoms with Gasteiger partial charge in [-0.2, -0.15) is 0 Å². The van der Waals surface area contributed by atoms with Crippen LogP contribution in [-0.2, 0) is 4.79 Å². The average molecular weight is 220 g/mol. The molecule has 1 aliphatic rings. The molecule has 0 saturated heterocycles. The number of hydrogen-bond acceptors (Lipinski definition) is 1. The summed E-state index contributed by atoms with van der Waals surface area (Å²) >= 11 is 2.16. The Morgan fingerprint density at radius 1 is 1.75 bits per heavy atom. The van der Waals surface area contributed by atoms with E-state index in [0.717, 1.165) is 21.9 Å². The first-order valence-electron chi connectivity index (χ1n) is 2.35. The van der Waals surface area contributed by atoms with Crippen LogP contribution in [0, 0.1) is 0 Å². The van der Waals surface area contributed by atoms with Crippen LogP contribution in [0.15, 0.2) is 21.3 Å². The van der Waals surface area contributed by atoms with Crippen LogP contribution in [0.25, 0.3) is 0 Å². The molecule has 1 nitrogen and oxygen atoms in total. The molecule has 42 valence electrons. The van der Waals surface area contributed by atoms with Crippen molar-refractivity contribution in [3.8, 4) is 0 Å². The Labute approximate surface area is 61.6 Å². The highest BCUT2D eigenvalue weighted by Crippen LogP contribution is 2.21. The van der Waals surface area contributed by atoms with Crippen LogP contribution >= 0.6 is 22.6 Å². The summed E-state index contributed by atoms with van der Waals surface area (Å²) in [7, 11) is 0. The summed E-state index contributed by atoms with van der Waals surface area (Å²) in [6.07, 6.45) is 5.69. The van der Waals surface area contributed by atoms with Crippen molar-refractivity contribution in [1.29, 1.82) is 0 Å². The third-order valence-corrected chi connectivity index (χ3v) is 2.10. The largest absolute Gasteiger partial charge is 0.298 e. The van der Waals surface area contributed by atoms with Gasteiger partial charge < -0.3 is 0 Å². The fourth-order valence-corrected chi connectivity index (χ4v) is 1.20. The Hall–Kier alpha value is -0.120. The van der Waals surface area contributed by atoms with Crippen molar-refractivity contribution in [2.45, 2.75) is 6.42 Å². The molecule has 0 amide bonds. The van der Waals surface area contributed by atoms with Crippen molar-refractivity contribution in [2.24, 2.45) is 0 Å². The van der Waals surface area contributed by atoms with Crippen molar-refractivity contribution in [3.63, 3.8) is 0 Å². The highest BCUT2D eigenvalue weighted by Gasteiger charge is 2.02. The summed E-state index contributed by atoms with van der Waals surface area (Å²) in [5.74, 6) is 0. The van der Waals surface area contributed by atoms with Gasteiger partial charge in [0.1, 0.15) is 6.29 Å². The lowest BCUT2D eigenvalue weighted by molar-refractivity contribution is -0.104. The van der Waals surface area contributed by atoms with Gasteiger partial charge in [-0.1, -0.05) is 12.2 Å². The van der Waals surface area contributed by atoms with Crippen LogP contribution in [-0.4, -0.2) is 6.29 Å². The van der Waals surface area contributed by atoms with Gasteiger partial charge in [0.25, 0.3) is 0 Å². The van der Waals surface area contributed by atoms with Crippen molar-refractivity contribution >= 4 is 28.9 Å². The summed E-state index contributed by atoms with van der Waals surface area (Å²) < 4.78 is 1.08. The predicted molar refractivity (Wildman–Crippen MR) is 40.9 cm³/mol. The molecule has 0 aromatic rings. The van der Waals surface area contributed by atoms with Crippen molar-refractivity contribution in [3.05, 3.63) is 21.3 Å². The molecule has 0 radical (unpaired) electrons. The number of halogens is 1. The minimum atomic E-state index is 0.821. The molecule has 8 heavy (non-hydrogen) atoms. The molecule has 0 bridgehead atoms. The summed E-state index contributed by atoms with van der Waals surface area (Å²) in [5, 5.41) is 0. The van der Waals surface area contributed by atoms with Crippen molar-refractivity contribution in [2.75, 3.05) is 0 Å². The van der Waals surface area contributed by atoms with E-state index in [4.69, 9.17) is 0 Å². The van der Waals surface area contributed by atoms with E-state index < -0.39 is 0 Å². The molecular formula is C6H5IO. The maximum absolute atomic E-state index is 10.1. The van der Waals surface area contributed by atoms with Gasteiger partial charge in [0, 0.05) is 9.15 Å². The van der Waals surface area contributed by atoms with E-state index in [2.05, 4.69) is 22.6 Å². The van der Waals surface area contributed by atoms with E-state index >= 15 is 0 Å². The van der Waals surface area contributed by atoms with E-state index in [0.29, 0.717) is 0 Å². The van der Waals surface area contributed by atoms with Crippen LogP contribution in [0.5, 0.6) is 0 Å². The molecular weight excluding hydrogens is 215 g/mol. The molecule has 2 heteroatoms. The van der Waals surface area contributed by atoms with Gasteiger partial charge in [-0.25, -0.2) is 0 Å². The maximum Gasteiger partial charge on any atom is 0.147 e. The normalized spacial score (nSPS) is 17.6. The van der Waals surface area contributed by atoms with E-state index in [9.17, 15) is 4.79 Å². The molecule has 0 spiro atoms. The number of hydrogen-bond donors (Lipinski definition) is 0. The molecule has 0 aromatic heterocycles. The minimum absolute atomic E-state index is 0.821. The quantitative estimate of drug-likeness (QED) is 0.486. The van der Waals surface area contributed by atoms with Crippen LogP contribution in [0.3, 0.4) is 0 Å². The first-order chi connectivity index (χ1) is 3.84. The SMILES string of the molecule is O=CC1=C(I)C=CC1. The second kappa shape index (κ2) is 2.44. The monoisotopic (exact) mass is 220 g/mol. The van der Waals surface area contributed by atoms with Gasteiger partial charge in [-0.05, 0) is 29.0 Å². The van der Waals surface area contributed by atoms with Crippen LogP contribution in [0.1, 0.15) is 6.42 Å². The average Bonchev–Trinajstić information content (AvgIpc) is 2.14. The minimum Gasteiger partial charge on any atom is -0.298 e. The molecule has 1 rings (SSSR count). The molecule has 0 unspecified atom stereocenters. The third kappa shape index (κ3) is 0.992. The highest BCUT2D eigenvalue weighted by atomic mass is 127. The Morgan fingerprint density at radius 2 is 2.50 bits per heavy atom. The number of carbonyl (C=O) groups is 1. The Balaban J connectivity index is 2.82. The van der Waals surface area contributed by atoms with E-state index in [1.165, 1.54) is 0 Å². The maximum atomic E-state index is 10.1. The fraction of sp³-hybridized carbons (Fsp3) is 0.167. The fourth-order valence-electron chi connectivity index (χ4n) is 0.598. The summed E-state index contributed by atoms with van der Waals surface area (Å²) in [4.78, 5) is 10.1. The van der Waals surface area contributed by atoms with Crippen LogP contribution in [0.4, 0.5) is 0 Å². The Kier molecular flexibility index (Phi) is 1.83. The van der Waals surface area contributed by atoms with Gasteiger partial charge in [-0.15, -0.1) is 0 Å². The standard InChI is InChI=1S/C6H5IO/c7-6-3-1-2-5(6)4-8/h1,3-4H,2H2. The van der Waals surface area contributed by atoms with Gasteiger partial charge >= 0.3 is 0 Å². The third-order valence-electron chi connectivity index (χ3n) is 1.05. The van der Waals surface area contributed by atoms with Crippen LogP contribution < -0.4 is 0 Å². The lowest BCUT2D eigenvalue weighted by Gasteiger charge is -1.84. The molecule has 1 aliphatic carbocycles. The van der Waals surface area contributed by atoms with Gasteiger partial charge in [0.15, 0.2) is 0 Å². The second-order valence-corrected chi connectivity index (χ2v) is 2.76. The zero-order valence-electron chi connectivity index (χ0n) is 4.23. The lowest BCUT2D eigenvalue weighted by atomic mass is 10.3. The summed E-state index contributed by atoms with van der Waals surface area (Å²) in [6, 6.07) is 0. The topological polar surface area (TPSA) is 17.1 Å². The smallest absolute Gasteiger partial charge is 0.147 e. The molecule has 0 saturated carbocycles. The molecule has 0 atom stereocenters. The number of carbonyl (C=O) groups excluding carboxylic acids is 1. The molecule has 0 aliphatic heterocycles. The summed E-state index contributed by atoms with van der Waals surface area (Å²) in [6.45, 7) is 0. The first-order valence-corrected chi connectivity index (χ1v) is 3.43. The Morgan fingerprint density at radius 3 is 2.75 bits per heavy atom. The first kappa shape index (κ1) is 6.01. The zero-order valence-corrected chi connectivity index (χ0v) is 6.38. The second-order valence-electron chi connectivity index (χ2n) is 1.60. The Bertz CT molecular complexity index is 167. The molecule has 0 heterocycles. The van der Waals surface area contributed by atoms with E-state index in [1.54, 1.807) is 0 Å². The van der Waals surface area contributed by atoms with Crippen molar-refractivity contribution in [1.82, 2.24) is 0 Å². The predicted octanol–water partition coefficient (Wildman–Crippen LogP) is 1.83. The molecule has 0 fully saturated rings. The lowest BCUT2D eigenvalue weighted by Crippen LogP contribution is -1.77. The van der Waals surface area contributed by atoms with E-state index in [1.807, 2.05) is 12.2 Å². The van der Waals surface area contributed by atoms with Gasteiger partial charge in [0.2, 0.25) is 0 Å². The zero-order chi connectivity index (χ0) is 5.98. The van der Waals surface area contributed by atoms with Gasteiger partial charge in [0.05, 0.1) is 0 Å². The number of aldehydes is 1. The van der Waals surface area contributed by atoms with Crippen LogP contribution in [0.2, 0.25) is 0 Å². The summed E-state index contributed by atoms with van der Waals surface area (Å²) in [5.41, 5.74) is 0.908.